The van der Waals surface area contributed by atoms with Crippen LogP contribution in [0.3, 0.4) is 0 Å². The maximum Gasteiger partial charge on any atom is 0.356 e. The first kappa shape index (κ1) is 11.4. The van der Waals surface area contributed by atoms with E-state index in [1.165, 1.54) is 0 Å². The number of aromatic nitrogens is 2. The molecule has 0 aromatic carbocycles. The lowest BCUT2D eigenvalue weighted by molar-refractivity contribution is 0.0693. The van der Waals surface area contributed by atoms with Crippen LogP contribution >= 0.6 is 0 Å². The monoisotopic (exact) mass is 233 g/mol. The van der Waals surface area contributed by atoms with Crippen molar-refractivity contribution in [3.63, 3.8) is 0 Å². The van der Waals surface area contributed by atoms with Gasteiger partial charge in [-0.3, -0.25) is 0 Å². The van der Waals surface area contributed by atoms with E-state index < -0.39 is 5.97 Å². The molecule has 2 aromatic heterocycles. The molecule has 0 unspecified atom stereocenters. The van der Waals surface area contributed by atoms with E-state index in [1.807, 2.05) is 48.6 Å². The van der Waals surface area contributed by atoms with Crippen molar-refractivity contribution in [2.75, 3.05) is 19.0 Å². The van der Waals surface area contributed by atoms with Gasteiger partial charge in [0, 0.05) is 26.7 Å². The van der Waals surface area contributed by atoms with Gasteiger partial charge in [0.05, 0.1) is 5.69 Å². The van der Waals surface area contributed by atoms with Gasteiger partial charge in [-0.1, -0.05) is 6.92 Å². The predicted molar refractivity (Wildman–Crippen MR) is 65.9 cm³/mol. The van der Waals surface area contributed by atoms with E-state index in [4.69, 9.17) is 0 Å². The van der Waals surface area contributed by atoms with Crippen molar-refractivity contribution in [2.45, 2.75) is 13.3 Å². The molecule has 2 heterocycles. The highest BCUT2D eigenvalue weighted by atomic mass is 16.4. The molecule has 0 spiro atoms. The number of pyridine rings is 1. The number of carbonyl (C=O) groups is 1. The summed E-state index contributed by atoms with van der Waals surface area (Å²) < 4.78 is 1.85. The van der Waals surface area contributed by atoms with Gasteiger partial charge in [0.2, 0.25) is 0 Å². The number of hydrogen-bond acceptors (Lipinski definition) is 3. The van der Waals surface area contributed by atoms with Crippen LogP contribution in [-0.2, 0) is 6.42 Å². The SMILES string of the molecule is CCc1nc(C(=O)O)c2c(N(C)C)cccn12. The predicted octanol–water partition coefficient (Wildman–Crippen LogP) is 1.66. The first-order chi connectivity index (χ1) is 8.06. The minimum Gasteiger partial charge on any atom is -0.476 e. The third-order valence-corrected chi connectivity index (χ3v) is 2.72. The van der Waals surface area contributed by atoms with Crippen LogP contribution in [0.2, 0.25) is 0 Å². The second-order valence-corrected chi connectivity index (χ2v) is 4.04. The lowest BCUT2D eigenvalue weighted by Crippen LogP contribution is -2.11. The molecular formula is C12H15N3O2. The van der Waals surface area contributed by atoms with E-state index in [1.54, 1.807) is 0 Å². The zero-order valence-electron chi connectivity index (χ0n) is 10.1. The minimum atomic E-state index is -0.989. The Hall–Kier alpha value is -2.04. The number of imidazole rings is 1. The molecule has 90 valence electrons. The Labute approximate surface area is 99.3 Å². The van der Waals surface area contributed by atoms with Gasteiger partial charge in [0.25, 0.3) is 0 Å². The molecule has 0 radical (unpaired) electrons. The van der Waals surface area contributed by atoms with Gasteiger partial charge in [-0.2, -0.15) is 0 Å². The normalized spacial score (nSPS) is 10.8. The summed E-state index contributed by atoms with van der Waals surface area (Å²) in [6.07, 6.45) is 2.55. The summed E-state index contributed by atoms with van der Waals surface area (Å²) >= 11 is 0. The third-order valence-electron chi connectivity index (χ3n) is 2.72. The average molecular weight is 233 g/mol. The van der Waals surface area contributed by atoms with E-state index in [0.717, 1.165) is 11.5 Å². The summed E-state index contributed by atoms with van der Waals surface area (Å²) in [6.45, 7) is 1.96. The summed E-state index contributed by atoms with van der Waals surface area (Å²) in [5.41, 5.74) is 1.63. The lowest BCUT2D eigenvalue weighted by atomic mass is 10.2. The van der Waals surface area contributed by atoms with Gasteiger partial charge in [0.1, 0.15) is 11.3 Å². The molecule has 0 saturated heterocycles. The van der Waals surface area contributed by atoms with Gasteiger partial charge in [-0.15, -0.1) is 0 Å². The summed E-state index contributed by atoms with van der Waals surface area (Å²) in [5.74, 6) is -0.224. The molecule has 2 aromatic rings. The lowest BCUT2D eigenvalue weighted by Gasteiger charge is -2.14. The number of aryl methyl sites for hydroxylation is 1. The Bertz CT molecular complexity index is 572. The van der Waals surface area contributed by atoms with Crippen LogP contribution in [0, 0.1) is 0 Å². The van der Waals surface area contributed by atoms with E-state index in [2.05, 4.69) is 4.98 Å². The van der Waals surface area contributed by atoms with Gasteiger partial charge in [-0.05, 0) is 12.1 Å². The Morgan fingerprint density at radius 2 is 2.24 bits per heavy atom. The molecule has 0 aliphatic carbocycles. The van der Waals surface area contributed by atoms with Gasteiger partial charge in [-0.25, -0.2) is 9.78 Å². The van der Waals surface area contributed by atoms with Crippen molar-refractivity contribution in [3.05, 3.63) is 29.8 Å². The minimum absolute atomic E-state index is 0.117. The first-order valence-corrected chi connectivity index (χ1v) is 5.46. The number of hydrogen-bond donors (Lipinski definition) is 1. The van der Waals surface area contributed by atoms with Crippen LogP contribution in [0.4, 0.5) is 5.69 Å². The fourth-order valence-electron chi connectivity index (χ4n) is 1.94. The number of nitrogens with zero attached hydrogens (tertiary/aromatic N) is 3. The van der Waals surface area contributed by atoms with Crippen molar-refractivity contribution in [1.82, 2.24) is 9.38 Å². The van der Waals surface area contributed by atoms with Crippen molar-refractivity contribution >= 4 is 17.2 Å². The fourth-order valence-corrected chi connectivity index (χ4v) is 1.94. The van der Waals surface area contributed by atoms with Crippen LogP contribution in [0.25, 0.3) is 5.52 Å². The molecule has 5 heteroatoms. The molecule has 0 bridgehead atoms. The largest absolute Gasteiger partial charge is 0.476 e. The smallest absolute Gasteiger partial charge is 0.356 e. The van der Waals surface area contributed by atoms with Gasteiger partial charge in [0.15, 0.2) is 5.69 Å². The van der Waals surface area contributed by atoms with Crippen molar-refractivity contribution in [3.8, 4) is 0 Å². The number of rotatable bonds is 3. The zero-order valence-corrected chi connectivity index (χ0v) is 10.1. The fraction of sp³-hybridized carbons (Fsp3) is 0.333. The van der Waals surface area contributed by atoms with Crippen LogP contribution in [0.1, 0.15) is 23.2 Å². The molecule has 17 heavy (non-hydrogen) atoms. The van der Waals surface area contributed by atoms with Crippen LogP contribution < -0.4 is 4.90 Å². The standard InChI is InChI=1S/C12H15N3O2/c1-4-9-13-10(12(16)17)11-8(14(2)3)6-5-7-15(9)11/h5-7H,4H2,1-3H3,(H,16,17). The molecule has 0 aliphatic rings. The third kappa shape index (κ3) is 1.73. The molecular weight excluding hydrogens is 218 g/mol. The molecule has 2 rings (SSSR count). The first-order valence-electron chi connectivity index (χ1n) is 5.46. The topological polar surface area (TPSA) is 57.8 Å². The Morgan fingerprint density at radius 3 is 2.76 bits per heavy atom. The van der Waals surface area contributed by atoms with Crippen molar-refractivity contribution in [1.29, 1.82) is 0 Å². The molecule has 1 N–H and O–H groups in total. The highest BCUT2D eigenvalue weighted by Gasteiger charge is 2.19. The number of fused-ring (bicyclic) bond motifs is 1. The number of carboxylic acids is 1. The van der Waals surface area contributed by atoms with Crippen LogP contribution in [0.15, 0.2) is 18.3 Å². The molecule has 0 fully saturated rings. The maximum absolute atomic E-state index is 11.2. The van der Waals surface area contributed by atoms with E-state index in [-0.39, 0.29) is 5.69 Å². The molecule has 5 nitrogen and oxygen atoms in total. The van der Waals surface area contributed by atoms with Crippen LogP contribution in [0.5, 0.6) is 0 Å². The average Bonchev–Trinajstić information content (AvgIpc) is 2.67. The summed E-state index contributed by atoms with van der Waals surface area (Å²) in [5, 5.41) is 9.20. The van der Waals surface area contributed by atoms with E-state index >= 15 is 0 Å². The second kappa shape index (κ2) is 4.08. The highest BCUT2D eigenvalue weighted by Crippen LogP contribution is 2.24. The number of anilines is 1. The Balaban J connectivity index is 2.86. The molecule has 0 atom stereocenters. The number of aromatic carboxylic acids is 1. The molecule has 0 saturated carbocycles. The summed E-state index contributed by atoms with van der Waals surface area (Å²) in [6, 6.07) is 3.79. The number of carboxylic acid groups (broad SMARTS) is 1. The zero-order chi connectivity index (χ0) is 12.6. The van der Waals surface area contributed by atoms with E-state index in [0.29, 0.717) is 11.9 Å². The Kier molecular flexibility index (Phi) is 2.75. The summed E-state index contributed by atoms with van der Waals surface area (Å²) in [7, 11) is 3.78. The highest BCUT2D eigenvalue weighted by molar-refractivity contribution is 5.98. The summed E-state index contributed by atoms with van der Waals surface area (Å²) in [4.78, 5) is 17.3. The Morgan fingerprint density at radius 1 is 1.53 bits per heavy atom. The van der Waals surface area contributed by atoms with Crippen LogP contribution in [-0.4, -0.2) is 34.6 Å². The second-order valence-electron chi connectivity index (χ2n) is 4.04. The molecule has 0 aliphatic heterocycles. The van der Waals surface area contributed by atoms with Crippen molar-refractivity contribution in [2.24, 2.45) is 0 Å². The van der Waals surface area contributed by atoms with Gasteiger partial charge >= 0.3 is 5.97 Å². The quantitative estimate of drug-likeness (QED) is 0.876. The molecule has 0 amide bonds. The maximum atomic E-state index is 11.2. The van der Waals surface area contributed by atoms with Gasteiger partial charge < -0.3 is 14.4 Å². The van der Waals surface area contributed by atoms with Crippen molar-refractivity contribution < 1.29 is 9.90 Å². The van der Waals surface area contributed by atoms with E-state index in [9.17, 15) is 9.90 Å².